The van der Waals surface area contributed by atoms with Gasteiger partial charge in [0.15, 0.2) is 0 Å². The highest BCUT2D eigenvalue weighted by molar-refractivity contribution is 5.43. The number of aromatic nitrogens is 4. The first-order valence-electron chi connectivity index (χ1n) is 8.58. The van der Waals surface area contributed by atoms with Gasteiger partial charge in [-0.25, -0.2) is 4.98 Å². The Hall–Kier alpha value is -2.60. The van der Waals surface area contributed by atoms with E-state index in [9.17, 15) is 0 Å². The third-order valence-electron chi connectivity index (χ3n) is 4.55. The van der Waals surface area contributed by atoms with Gasteiger partial charge in [0.2, 0.25) is 5.89 Å². The van der Waals surface area contributed by atoms with E-state index in [2.05, 4.69) is 56.3 Å². The summed E-state index contributed by atoms with van der Waals surface area (Å²) in [7, 11) is 0. The molecule has 1 saturated heterocycles. The Morgan fingerprint density at radius 2 is 2.08 bits per heavy atom. The molecule has 0 bridgehead atoms. The minimum Gasteiger partial charge on any atom is -0.419 e. The molecule has 6 nitrogen and oxygen atoms in total. The summed E-state index contributed by atoms with van der Waals surface area (Å²) < 4.78 is 5.86. The molecule has 4 rings (SSSR count). The van der Waals surface area contributed by atoms with Crippen molar-refractivity contribution in [2.24, 2.45) is 0 Å². The molecule has 1 aliphatic rings. The molecule has 3 aromatic rings. The molecular formula is C19H21N5O. The molecule has 0 spiro atoms. The van der Waals surface area contributed by atoms with Crippen molar-refractivity contribution in [3.63, 3.8) is 0 Å². The van der Waals surface area contributed by atoms with E-state index in [-0.39, 0.29) is 5.92 Å². The minimum absolute atomic E-state index is 0.282. The predicted octanol–water partition coefficient (Wildman–Crippen LogP) is 3.13. The van der Waals surface area contributed by atoms with Crippen molar-refractivity contribution in [3.8, 4) is 11.6 Å². The molecule has 128 valence electrons. The first-order chi connectivity index (χ1) is 12.2. The standard InChI is InChI=1S/C19H21N5O/c1-13-4-3-5-15(8-13)11-24-7-6-16(12-24)18-22-23-19(25-18)17-10-20-14(2)9-21-17/h3-5,8-10,16H,6-7,11-12H2,1-2H3. The second-order valence-electron chi connectivity index (χ2n) is 6.70. The zero-order chi connectivity index (χ0) is 17.2. The smallest absolute Gasteiger partial charge is 0.267 e. The van der Waals surface area contributed by atoms with E-state index in [0.29, 0.717) is 17.5 Å². The molecule has 1 aliphatic heterocycles. The van der Waals surface area contributed by atoms with Crippen LogP contribution in [-0.2, 0) is 6.54 Å². The van der Waals surface area contributed by atoms with E-state index in [1.165, 1.54) is 11.1 Å². The van der Waals surface area contributed by atoms with Crippen LogP contribution >= 0.6 is 0 Å². The predicted molar refractivity (Wildman–Crippen MR) is 93.9 cm³/mol. The fraction of sp³-hybridized carbons (Fsp3) is 0.368. The highest BCUT2D eigenvalue weighted by Crippen LogP contribution is 2.29. The largest absolute Gasteiger partial charge is 0.419 e. The van der Waals surface area contributed by atoms with Crippen molar-refractivity contribution in [2.75, 3.05) is 13.1 Å². The Balaban J connectivity index is 1.43. The SMILES string of the molecule is Cc1cccc(CN2CCC(c3nnc(-c4cnc(C)cn4)o3)C2)c1. The van der Waals surface area contributed by atoms with Crippen LogP contribution in [0.2, 0.25) is 0 Å². The van der Waals surface area contributed by atoms with Crippen LogP contribution in [0.5, 0.6) is 0 Å². The normalized spacial score (nSPS) is 17.9. The number of nitrogens with zero attached hydrogens (tertiary/aromatic N) is 5. The van der Waals surface area contributed by atoms with Crippen LogP contribution in [0.25, 0.3) is 11.6 Å². The van der Waals surface area contributed by atoms with Gasteiger partial charge in [0.25, 0.3) is 5.89 Å². The molecule has 1 fully saturated rings. The Morgan fingerprint density at radius 3 is 2.88 bits per heavy atom. The molecule has 3 heterocycles. The summed E-state index contributed by atoms with van der Waals surface area (Å²) in [5.74, 6) is 1.42. The Kier molecular flexibility index (Phi) is 4.28. The molecule has 25 heavy (non-hydrogen) atoms. The van der Waals surface area contributed by atoms with Crippen LogP contribution in [0, 0.1) is 13.8 Å². The van der Waals surface area contributed by atoms with E-state index >= 15 is 0 Å². The number of benzene rings is 1. The minimum atomic E-state index is 0.282. The second kappa shape index (κ2) is 6.72. The van der Waals surface area contributed by atoms with Crippen molar-refractivity contribution in [3.05, 3.63) is 59.4 Å². The van der Waals surface area contributed by atoms with Gasteiger partial charge in [0.1, 0.15) is 5.69 Å². The van der Waals surface area contributed by atoms with E-state index in [0.717, 1.165) is 31.7 Å². The molecule has 0 aliphatic carbocycles. The average Bonchev–Trinajstić information content (AvgIpc) is 3.25. The fourth-order valence-corrected chi connectivity index (χ4v) is 3.25. The van der Waals surface area contributed by atoms with Crippen molar-refractivity contribution in [2.45, 2.75) is 32.7 Å². The van der Waals surface area contributed by atoms with Crippen LogP contribution in [0.4, 0.5) is 0 Å². The fourth-order valence-electron chi connectivity index (χ4n) is 3.25. The Morgan fingerprint density at radius 1 is 1.16 bits per heavy atom. The zero-order valence-corrected chi connectivity index (χ0v) is 14.5. The van der Waals surface area contributed by atoms with Crippen LogP contribution in [0.15, 0.2) is 41.1 Å². The van der Waals surface area contributed by atoms with Gasteiger partial charge < -0.3 is 4.42 Å². The van der Waals surface area contributed by atoms with Gasteiger partial charge in [-0.2, -0.15) is 0 Å². The monoisotopic (exact) mass is 335 g/mol. The summed E-state index contributed by atoms with van der Waals surface area (Å²) in [6.07, 6.45) is 4.41. The highest BCUT2D eigenvalue weighted by Gasteiger charge is 2.28. The van der Waals surface area contributed by atoms with Crippen molar-refractivity contribution < 1.29 is 4.42 Å². The third-order valence-corrected chi connectivity index (χ3v) is 4.55. The molecule has 0 radical (unpaired) electrons. The lowest BCUT2D eigenvalue weighted by Crippen LogP contribution is -2.19. The summed E-state index contributed by atoms with van der Waals surface area (Å²) in [4.78, 5) is 11.0. The summed E-state index contributed by atoms with van der Waals surface area (Å²) in [6.45, 7) is 6.97. The van der Waals surface area contributed by atoms with Crippen LogP contribution in [0.3, 0.4) is 0 Å². The maximum atomic E-state index is 5.86. The topological polar surface area (TPSA) is 67.9 Å². The average molecular weight is 335 g/mol. The number of likely N-dealkylation sites (tertiary alicyclic amines) is 1. The zero-order valence-electron chi connectivity index (χ0n) is 14.5. The van der Waals surface area contributed by atoms with E-state index in [1.54, 1.807) is 12.4 Å². The lowest BCUT2D eigenvalue weighted by atomic mass is 10.1. The highest BCUT2D eigenvalue weighted by atomic mass is 16.4. The molecule has 0 N–H and O–H groups in total. The quantitative estimate of drug-likeness (QED) is 0.730. The van der Waals surface area contributed by atoms with Crippen LogP contribution in [0.1, 0.15) is 35.1 Å². The molecule has 1 atom stereocenters. The Labute approximate surface area is 146 Å². The van der Waals surface area contributed by atoms with Crippen LogP contribution in [-0.4, -0.2) is 38.2 Å². The lowest BCUT2D eigenvalue weighted by Gasteiger charge is -2.15. The first-order valence-corrected chi connectivity index (χ1v) is 8.58. The summed E-state index contributed by atoms with van der Waals surface area (Å²) in [6, 6.07) is 8.67. The van der Waals surface area contributed by atoms with Crippen molar-refractivity contribution in [1.29, 1.82) is 0 Å². The van der Waals surface area contributed by atoms with Crippen LogP contribution < -0.4 is 0 Å². The summed E-state index contributed by atoms with van der Waals surface area (Å²) in [5, 5.41) is 8.39. The maximum Gasteiger partial charge on any atom is 0.267 e. The lowest BCUT2D eigenvalue weighted by molar-refractivity contribution is 0.320. The van der Waals surface area contributed by atoms with Gasteiger partial charge in [-0.15, -0.1) is 10.2 Å². The third kappa shape index (κ3) is 3.58. The van der Waals surface area contributed by atoms with E-state index in [1.807, 2.05) is 6.92 Å². The van der Waals surface area contributed by atoms with Crippen molar-refractivity contribution in [1.82, 2.24) is 25.1 Å². The molecule has 1 aromatic carbocycles. The summed E-state index contributed by atoms with van der Waals surface area (Å²) in [5.41, 5.74) is 4.14. The number of hydrogen-bond donors (Lipinski definition) is 0. The molecule has 6 heteroatoms. The van der Waals surface area contributed by atoms with Gasteiger partial charge in [-0.05, 0) is 32.4 Å². The molecule has 1 unspecified atom stereocenters. The maximum absolute atomic E-state index is 5.86. The first kappa shape index (κ1) is 15.9. The van der Waals surface area contributed by atoms with Gasteiger partial charge in [-0.1, -0.05) is 29.8 Å². The van der Waals surface area contributed by atoms with Gasteiger partial charge in [-0.3, -0.25) is 9.88 Å². The molecule has 2 aromatic heterocycles. The number of aryl methyl sites for hydroxylation is 2. The van der Waals surface area contributed by atoms with Gasteiger partial charge >= 0.3 is 0 Å². The number of hydrogen-bond acceptors (Lipinski definition) is 6. The van der Waals surface area contributed by atoms with Gasteiger partial charge in [0, 0.05) is 19.3 Å². The van der Waals surface area contributed by atoms with E-state index in [4.69, 9.17) is 4.42 Å². The molecule has 0 saturated carbocycles. The molecular weight excluding hydrogens is 314 g/mol. The number of rotatable bonds is 4. The van der Waals surface area contributed by atoms with Crippen molar-refractivity contribution >= 4 is 0 Å². The Bertz CT molecular complexity index is 858. The molecule has 0 amide bonds. The van der Waals surface area contributed by atoms with E-state index < -0.39 is 0 Å². The second-order valence-corrected chi connectivity index (χ2v) is 6.70. The van der Waals surface area contributed by atoms with Gasteiger partial charge in [0.05, 0.1) is 17.8 Å². The summed E-state index contributed by atoms with van der Waals surface area (Å²) >= 11 is 0.